The summed E-state index contributed by atoms with van der Waals surface area (Å²) in [6.45, 7) is 5.16. The molecule has 1 aliphatic heterocycles. The summed E-state index contributed by atoms with van der Waals surface area (Å²) in [5.74, 6) is 0.594. The zero-order chi connectivity index (χ0) is 13.2. The van der Waals surface area contributed by atoms with Crippen molar-refractivity contribution < 1.29 is 14.1 Å². The predicted molar refractivity (Wildman–Crippen MR) is 64.8 cm³/mol. The number of nitrogens with two attached hydrogens (primary N) is 1. The highest BCUT2D eigenvalue weighted by Gasteiger charge is 2.35. The monoisotopic (exact) mass is 253 g/mol. The molecule has 1 amide bonds. The van der Waals surface area contributed by atoms with Crippen LogP contribution in [0, 0.1) is 13.8 Å². The maximum Gasteiger partial charge on any atom is 0.240 e. The van der Waals surface area contributed by atoms with Gasteiger partial charge in [0.25, 0.3) is 0 Å². The Hall–Kier alpha value is -1.40. The third-order valence-electron chi connectivity index (χ3n) is 3.44. The number of hydrogen-bond acceptors (Lipinski definition) is 5. The second kappa shape index (κ2) is 5.07. The minimum Gasteiger partial charge on any atom is -0.381 e. The number of nitrogens with one attached hydrogen (secondary N) is 1. The molecule has 0 spiro atoms. The molecule has 2 heterocycles. The molecule has 0 saturated carbocycles. The maximum atomic E-state index is 12.1. The van der Waals surface area contributed by atoms with Gasteiger partial charge < -0.3 is 20.3 Å². The number of aromatic nitrogens is 1. The molecule has 1 aliphatic rings. The zero-order valence-corrected chi connectivity index (χ0v) is 10.8. The summed E-state index contributed by atoms with van der Waals surface area (Å²) in [5.41, 5.74) is 6.99. The van der Waals surface area contributed by atoms with Gasteiger partial charge in [0.1, 0.15) is 5.76 Å². The van der Waals surface area contributed by atoms with Crippen LogP contribution in [-0.2, 0) is 16.1 Å². The highest BCUT2D eigenvalue weighted by molar-refractivity contribution is 5.86. The van der Waals surface area contributed by atoms with Crippen LogP contribution in [0.15, 0.2) is 4.52 Å². The van der Waals surface area contributed by atoms with E-state index in [2.05, 4.69) is 10.5 Å². The van der Waals surface area contributed by atoms with Crippen molar-refractivity contribution in [2.45, 2.75) is 38.8 Å². The van der Waals surface area contributed by atoms with Crippen LogP contribution in [-0.4, -0.2) is 29.8 Å². The van der Waals surface area contributed by atoms with Gasteiger partial charge in [0, 0.05) is 25.3 Å². The number of carbonyl (C=O) groups is 1. The van der Waals surface area contributed by atoms with Gasteiger partial charge in [-0.05, 0) is 26.7 Å². The van der Waals surface area contributed by atoms with Crippen LogP contribution in [0.25, 0.3) is 0 Å². The van der Waals surface area contributed by atoms with Crippen LogP contribution in [0.3, 0.4) is 0 Å². The van der Waals surface area contributed by atoms with E-state index in [-0.39, 0.29) is 5.91 Å². The van der Waals surface area contributed by atoms with E-state index in [0.717, 1.165) is 17.0 Å². The molecule has 6 heteroatoms. The van der Waals surface area contributed by atoms with E-state index in [1.54, 1.807) is 0 Å². The van der Waals surface area contributed by atoms with Crippen molar-refractivity contribution >= 4 is 5.91 Å². The molecule has 1 fully saturated rings. The lowest BCUT2D eigenvalue weighted by Gasteiger charge is -2.31. The lowest BCUT2D eigenvalue weighted by atomic mass is 9.90. The maximum absolute atomic E-state index is 12.1. The largest absolute Gasteiger partial charge is 0.381 e. The van der Waals surface area contributed by atoms with Crippen molar-refractivity contribution in [2.24, 2.45) is 5.73 Å². The predicted octanol–water partition coefficient (Wildman–Crippen LogP) is 0.416. The summed E-state index contributed by atoms with van der Waals surface area (Å²) in [7, 11) is 0. The van der Waals surface area contributed by atoms with E-state index < -0.39 is 5.54 Å². The quantitative estimate of drug-likeness (QED) is 0.814. The minimum absolute atomic E-state index is 0.134. The Morgan fingerprint density at radius 1 is 1.44 bits per heavy atom. The van der Waals surface area contributed by atoms with Gasteiger partial charge in [-0.3, -0.25) is 4.79 Å². The Bertz CT molecular complexity index is 416. The Labute approximate surface area is 106 Å². The van der Waals surface area contributed by atoms with Crippen molar-refractivity contribution in [3.8, 4) is 0 Å². The molecule has 1 saturated heterocycles. The lowest BCUT2D eigenvalue weighted by molar-refractivity contribution is -0.129. The summed E-state index contributed by atoms with van der Waals surface area (Å²) >= 11 is 0. The van der Waals surface area contributed by atoms with E-state index in [0.29, 0.717) is 32.6 Å². The molecule has 3 N–H and O–H groups in total. The summed E-state index contributed by atoms with van der Waals surface area (Å²) in [5, 5.41) is 6.70. The van der Waals surface area contributed by atoms with Crippen molar-refractivity contribution in [1.82, 2.24) is 10.5 Å². The van der Waals surface area contributed by atoms with E-state index >= 15 is 0 Å². The van der Waals surface area contributed by atoms with Gasteiger partial charge in [-0.15, -0.1) is 0 Å². The molecule has 0 atom stereocenters. The van der Waals surface area contributed by atoms with E-state index in [1.165, 1.54) is 0 Å². The fourth-order valence-electron chi connectivity index (χ4n) is 2.06. The zero-order valence-electron chi connectivity index (χ0n) is 10.8. The number of nitrogens with zero attached hydrogens (tertiary/aromatic N) is 1. The molecule has 0 bridgehead atoms. The molecule has 0 radical (unpaired) electrons. The summed E-state index contributed by atoms with van der Waals surface area (Å²) in [6, 6.07) is 0. The van der Waals surface area contributed by atoms with Crippen LogP contribution >= 0.6 is 0 Å². The number of aryl methyl sites for hydroxylation is 2. The molecular formula is C12H19N3O3. The third-order valence-corrected chi connectivity index (χ3v) is 3.44. The SMILES string of the molecule is Cc1noc(C)c1CNC(=O)C1(N)CCOCC1. The summed E-state index contributed by atoms with van der Waals surface area (Å²) < 4.78 is 10.3. The number of rotatable bonds is 3. The first-order chi connectivity index (χ1) is 8.53. The van der Waals surface area contributed by atoms with Crippen LogP contribution < -0.4 is 11.1 Å². The van der Waals surface area contributed by atoms with Gasteiger partial charge >= 0.3 is 0 Å². The van der Waals surface area contributed by atoms with Gasteiger partial charge in [-0.2, -0.15) is 0 Å². The number of ether oxygens (including phenoxy) is 1. The highest BCUT2D eigenvalue weighted by atomic mass is 16.5. The number of carbonyl (C=O) groups excluding carboxylic acids is 1. The Morgan fingerprint density at radius 2 is 2.11 bits per heavy atom. The lowest BCUT2D eigenvalue weighted by Crippen LogP contribution is -2.56. The van der Waals surface area contributed by atoms with E-state index in [4.69, 9.17) is 15.0 Å². The van der Waals surface area contributed by atoms with Crippen molar-refractivity contribution in [3.63, 3.8) is 0 Å². The summed E-state index contributed by atoms with van der Waals surface area (Å²) in [6.07, 6.45) is 1.11. The van der Waals surface area contributed by atoms with Crippen molar-refractivity contribution in [2.75, 3.05) is 13.2 Å². The number of amides is 1. The Morgan fingerprint density at radius 3 is 2.67 bits per heavy atom. The third kappa shape index (κ3) is 2.54. The topological polar surface area (TPSA) is 90.4 Å². The van der Waals surface area contributed by atoms with Gasteiger partial charge in [-0.1, -0.05) is 5.16 Å². The molecule has 6 nitrogen and oxygen atoms in total. The minimum atomic E-state index is -0.808. The van der Waals surface area contributed by atoms with Gasteiger partial charge in [-0.25, -0.2) is 0 Å². The van der Waals surface area contributed by atoms with E-state index in [1.807, 2.05) is 13.8 Å². The fourth-order valence-corrected chi connectivity index (χ4v) is 2.06. The van der Waals surface area contributed by atoms with Crippen molar-refractivity contribution in [1.29, 1.82) is 0 Å². The smallest absolute Gasteiger partial charge is 0.240 e. The van der Waals surface area contributed by atoms with Crippen LogP contribution in [0.4, 0.5) is 0 Å². The molecule has 1 aromatic heterocycles. The Kier molecular flexibility index (Phi) is 3.68. The molecule has 2 rings (SSSR count). The second-order valence-electron chi connectivity index (χ2n) is 4.75. The summed E-state index contributed by atoms with van der Waals surface area (Å²) in [4.78, 5) is 12.1. The fraction of sp³-hybridized carbons (Fsp3) is 0.667. The standard InChI is InChI=1S/C12H19N3O3/c1-8-10(9(2)18-15-8)7-14-11(16)12(13)3-5-17-6-4-12/h3-7,13H2,1-2H3,(H,14,16). The molecule has 18 heavy (non-hydrogen) atoms. The molecule has 0 aliphatic carbocycles. The second-order valence-corrected chi connectivity index (χ2v) is 4.75. The average molecular weight is 253 g/mol. The molecule has 0 aromatic carbocycles. The first-order valence-electron chi connectivity index (χ1n) is 6.09. The Balaban J connectivity index is 1.96. The molecule has 1 aromatic rings. The molecule has 0 unspecified atom stereocenters. The average Bonchev–Trinajstić information content (AvgIpc) is 2.67. The van der Waals surface area contributed by atoms with Gasteiger partial charge in [0.2, 0.25) is 5.91 Å². The normalized spacial score (nSPS) is 18.6. The first kappa shape index (κ1) is 13.0. The van der Waals surface area contributed by atoms with Gasteiger partial charge in [0.15, 0.2) is 0 Å². The molecular weight excluding hydrogens is 234 g/mol. The van der Waals surface area contributed by atoms with Crippen LogP contribution in [0.1, 0.15) is 29.9 Å². The molecule has 100 valence electrons. The highest BCUT2D eigenvalue weighted by Crippen LogP contribution is 2.18. The van der Waals surface area contributed by atoms with Crippen LogP contribution in [0.5, 0.6) is 0 Å². The van der Waals surface area contributed by atoms with E-state index in [9.17, 15) is 4.79 Å². The first-order valence-corrected chi connectivity index (χ1v) is 6.09. The van der Waals surface area contributed by atoms with Crippen LogP contribution in [0.2, 0.25) is 0 Å². The number of hydrogen-bond donors (Lipinski definition) is 2. The van der Waals surface area contributed by atoms with Crippen molar-refractivity contribution in [3.05, 3.63) is 17.0 Å². The van der Waals surface area contributed by atoms with Gasteiger partial charge in [0.05, 0.1) is 11.2 Å².